The summed E-state index contributed by atoms with van der Waals surface area (Å²) in [6, 6.07) is 3.94. The van der Waals surface area contributed by atoms with Crippen LogP contribution in [0.4, 0.5) is 0 Å². The van der Waals surface area contributed by atoms with E-state index in [4.69, 9.17) is 11.6 Å². The molecule has 96 valence electrons. The summed E-state index contributed by atoms with van der Waals surface area (Å²) in [6.45, 7) is 4.86. The van der Waals surface area contributed by atoms with Crippen LogP contribution in [0.1, 0.15) is 28.0 Å². The number of nitrogens with zero attached hydrogens (tertiary/aromatic N) is 2. The standard InChI is InChI=1S/C12H14ClN3OS/c1-3-16-11(10(13)8(2)15-16)12(17)14-7-9-5-4-6-18-9/h4-6H,3,7H2,1-2H3,(H,14,17). The maximum absolute atomic E-state index is 12.1. The summed E-state index contributed by atoms with van der Waals surface area (Å²) < 4.78 is 1.63. The van der Waals surface area contributed by atoms with Gasteiger partial charge in [0.15, 0.2) is 0 Å². The SMILES string of the molecule is CCn1nc(C)c(Cl)c1C(=O)NCc1cccs1. The van der Waals surface area contributed by atoms with Crippen molar-refractivity contribution in [1.29, 1.82) is 0 Å². The Hall–Kier alpha value is -1.33. The van der Waals surface area contributed by atoms with Gasteiger partial charge in [0, 0.05) is 11.4 Å². The second-order valence-corrected chi connectivity index (χ2v) is 5.24. The van der Waals surface area contributed by atoms with Gasteiger partial charge in [0.25, 0.3) is 5.91 Å². The molecule has 0 bridgehead atoms. The Kier molecular flexibility index (Phi) is 4.04. The van der Waals surface area contributed by atoms with Crippen molar-refractivity contribution < 1.29 is 4.79 Å². The molecule has 0 radical (unpaired) electrons. The summed E-state index contributed by atoms with van der Waals surface area (Å²) in [5.74, 6) is -0.184. The summed E-state index contributed by atoms with van der Waals surface area (Å²) in [5.41, 5.74) is 1.12. The molecule has 2 rings (SSSR count). The predicted octanol–water partition coefficient (Wildman–Crippen LogP) is 2.86. The molecular weight excluding hydrogens is 270 g/mol. The van der Waals surface area contributed by atoms with Crippen LogP contribution in [0.3, 0.4) is 0 Å². The predicted molar refractivity (Wildman–Crippen MR) is 73.1 cm³/mol. The molecule has 0 spiro atoms. The van der Waals surface area contributed by atoms with Crippen molar-refractivity contribution >= 4 is 28.8 Å². The number of hydrogen-bond acceptors (Lipinski definition) is 3. The topological polar surface area (TPSA) is 46.9 Å². The molecule has 0 fully saturated rings. The zero-order valence-corrected chi connectivity index (χ0v) is 11.8. The van der Waals surface area contributed by atoms with Gasteiger partial charge in [0.2, 0.25) is 0 Å². The Morgan fingerprint density at radius 2 is 2.39 bits per heavy atom. The lowest BCUT2D eigenvalue weighted by Crippen LogP contribution is -2.25. The quantitative estimate of drug-likeness (QED) is 0.938. The number of nitrogens with one attached hydrogen (secondary N) is 1. The molecule has 0 aromatic carbocycles. The third-order valence-corrected chi connectivity index (χ3v) is 3.90. The molecule has 2 heterocycles. The highest BCUT2D eigenvalue weighted by Gasteiger charge is 2.19. The van der Waals surface area contributed by atoms with Crippen LogP contribution in [0, 0.1) is 6.92 Å². The van der Waals surface area contributed by atoms with Crippen LogP contribution in [-0.4, -0.2) is 15.7 Å². The molecule has 18 heavy (non-hydrogen) atoms. The second kappa shape index (κ2) is 5.54. The van der Waals surface area contributed by atoms with Gasteiger partial charge >= 0.3 is 0 Å². The number of halogens is 1. The van der Waals surface area contributed by atoms with Crippen LogP contribution in [0.2, 0.25) is 5.02 Å². The maximum atomic E-state index is 12.1. The number of amides is 1. The molecule has 0 aliphatic heterocycles. The largest absolute Gasteiger partial charge is 0.346 e. The Morgan fingerprint density at radius 3 is 3.00 bits per heavy atom. The summed E-state index contributed by atoms with van der Waals surface area (Å²) >= 11 is 7.72. The van der Waals surface area contributed by atoms with Crippen molar-refractivity contribution in [1.82, 2.24) is 15.1 Å². The lowest BCUT2D eigenvalue weighted by molar-refractivity contribution is 0.0941. The second-order valence-electron chi connectivity index (χ2n) is 3.83. The number of carbonyl (C=O) groups excluding carboxylic acids is 1. The molecule has 1 amide bonds. The number of aromatic nitrogens is 2. The van der Waals surface area contributed by atoms with Gasteiger partial charge in [-0.2, -0.15) is 5.10 Å². The van der Waals surface area contributed by atoms with Crippen LogP contribution < -0.4 is 5.32 Å². The first kappa shape index (κ1) is 13.1. The van der Waals surface area contributed by atoms with Crippen molar-refractivity contribution in [2.75, 3.05) is 0 Å². The normalized spacial score (nSPS) is 10.6. The Labute approximate surface area is 115 Å². The average Bonchev–Trinajstić information content (AvgIpc) is 2.96. The Balaban J connectivity index is 2.13. The van der Waals surface area contributed by atoms with Gasteiger partial charge in [0.1, 0.15) is 5.69 Å². The van der Waals surface area contributed by atoms with Crippen LogP contribution in [0.25, 0.3) is 0 Å². The number of thiophene rings is 1. The fourth-order valence-corrected chi connectivity index (χ4v) is 2.54. The first-order chi connectivity index (χ1) is 8.63. The average molecular weight is 284 g/mol. The molecule has 0 saturated carbocycles. The maximum Gasteiger partial charge on any atom is 0.271 e. The van der Waals surface area contributed by atoms with E-state index in [1.807, 2.05) is 24.4 Å². The van der Waals surface area contributed by atoms with Gasteiger partial charge in [0.05, 0.1) is 17.3 Å². The van der Waals surface area contributed by atoms with E-state index >= 15 is 0 Å². The van der Waals surface area contributed by atoms with Crippen LogP contribution in [0.5, 0.6) is 0 Å². The summed E-state index contributed by atoms with van der Waals surface area (Å²) in [5, 5.41) is 9.49. The van der Waals surface area contributed by atoms with Crippen LogP contribution in [0.15, 0.2) is 17.5 Å². The molecule has 2 aromatic heterocycles. The van der Waals surface area contributed by atoms with Gasteiger partial charge in [-0.15, -0.1) is 11.3 Å². The van der Waals surface area contributed by atoms with Crippen LogP contribution in [-0.2, 0) is 13.1 Å². The lowest BCUT2D eigenvalue weighted by Gasteiger charge is -2.06. The summed E-state index contributed by atoms with van der Waals surface area (Å²) in [7, 11) is 0. The van der Waals surface area contributed by atoms with E-state index in [1.165, 1.54) is 0 Å². The lowest BCUT2D eigenvalue weighted by atomic mass is 10.3. The van der Waals surface area contributed by atoms with Gasteiger partial charge in [-0.1, -0.05) is 17.7 Å². The van der Waals surface area contributed by atoms with E-state index in [9.17, 15) is 4.79 Å². The molecular formula is C12H14ClN3OS. The van der Waals surface area contributed by atoms with Gasteiger partial charge < -0.3 is 5.32 Å². The Morgan fingerprint density at radius 1 is 1.61 bits per heavy atom. The zero-order chi connectivity index (χ0) is 13.1. The van der Waals surface area contributed by atoms with E-state index in [0.717, 1.165) is 4.88 Å². The molecule has 0 aliphatic rings. The minimum atomic E-state index is -0.184. The number of hydrogen-bond donors (Lipinski definition) is 1. The van der Waals surface area contributed by atoms with E-state index in [2.05, 4.69) is 10.4 Å². The van der Waals surface area contributed by atoms with Crippen molar-refractivity contribution in [3.63, 3.8) is 0 Å². The molecule has 2 aromatic rings. The first-order valence-electron chi connectivity index (χ1n) is 5.67. The molecule has 0 saturated heterocycles. The highest BCUT2D eigenvalue weighted by molar-refractivity contribution is 7.09. The third-order valence-electron chi connectivity index (χ3n) is 2.57. The van der Waals surface area contributed by atoms with E-state index in [-0.39, 0.29) is 5.91 Å². The zero-order valence-electron chi connectivity index (χ0n) is 10.2. The molecule has 0 unspecified atom stereocenters. The Bertz CT molecular complexity index is 548. The van der Waals surface area contributed by atoms with Gasteiger partial charge in [-0.3, -0.25) is 9.48 Å². The summed E-state index contributed by atoms with van der Waals surface area (Å²) in [4.78, 5) is 13.2. The monoisotopic (exact) mass is 283 g/mol. The first-order valence-corrected chi connectivity index (χ1v) is 6.92. The highest BCUT2D eigenvalue weighted by atomic mass is 35.5. The van der Waals surface area contributed by atoms with E-state index in [0.29, 0.717) is 29.5 Å². The molecule has 0 atom stereocenters. The fourth-order valence-electron chi connectivity index (χ4n) is 1.67. The number of rotatable bonds is 4. The van der Waals surface area contributed by atoms with Crippen LogP contribution >= 0.6 is 22.9 Å². The molecule has 4 nitrogen and oxygen atoms in total. The van der Waals surface area contributed by atoms with Crippen molar-refractivity contribution in [3.05, 3.63) is 38.8 Å². The van der Waals surface area contributed by atoms with Crippen molar-refractivity contribution in [3.8, 4) is 0 Å². The van der Waals surface area contributed by atoms with E-state index in [1.54, 1.807) is 22.9 Å². The minimum Gasteiger partial charge on any atom is -0.346 e. The highest BCUT2D eigenvalue weighted by Crippen LogP contribution is 2.20. The molecule has 1 N–H and O–H groups in total. The fraction of sp³-hybridized carbons (Fsp3) is 0.333. The van der Waals surface area contributed by atoms with Crippen molar-refractivity contribution in [2.45, 2.75) is 26.9 Å². The van der Waals surface area contributed by atoms with E-state index < -0.39 is 0 Å². The summed E-state index contributed by atoms with van der Waals surface area (Å²) in [6.07, 6.45) is 0. The van der Waals surface area contributed by atoms with Crippen molar-refractivity contribution in [2.24, 2.45) is 0 Å². The van der Waals surface area contributed by atoms with Gasteiger partial charge in [-0.05, 0) is 25.3 Å². The number of carbonyl (C=O) groups is 1. The smallest absolute Gasteiger partial charge is 0.271 e. The number of aryl methyl sites for hydroxylation is 2. The third kappa shape index (κ3) is 2.57. The molecule has 0 aliphatic carbocycles. The minimum absolute atomic E-state index is 0.184. The van der Waals surface area contributed by atoms with Gasteiger partial charge in [-0.25, -0.2) is 0 Å². The molecule has 6 heteroatoms.